The first-order valence-corrected chi connectivity index (χ1v) is 11.2. The van der Waals surface area contributed by atoms with E-state index in [2.05, 4.69) is 21.7 Å². The van der Waals surface area contributed by atoms with Crippen LogP contribution in [0.5, 0.6) is 0 Å². The van der Waals surface area contributed by atoms with E-state index in [-0.39, 0.29) is 12.1 Å². The summed E-state index contributed by atoms with van der Waals surface area (Å²) < 4.78 is 0. The predicted molar refractivity (Wildman–Crippen MR) is 120 cm³/mol. The zero-order valence-corrected chi connectivity index (χ0v) is 17.6. The minimum Gasteiger partial charge on any atom is -0.316 e. The highest BCUT2D eigenvalue weighted by atomic mass is 16.2. The van der Waals surface area contributed by atoms with Crippen LogP contribution >= 0.6 is 0 Å². The standard InChI is InChI=1S/C25H28N4O2/c30-24(12-17-2-1-3-17)23-13-19(9-11-27-23)18-4-6-22(7-5-18)28-25(31)29-15-20-8-10-26-14-21(20)16-29/h4-10,14,17,23,27H,1-3,11-13,15-16H2,(H,28,31). The molecule has 2 N–H and O–H groups in total. The number of carbonyl (C=O) groups excluding carboxylic acids is 2. The Labute approximate surface area is 182 Å². The molecule has 0 bridgehead atoms. The number of amides is 2. The van der Waals surface area contributed by atoms with Crippen molar-refractivity contribution in [1.82, 2.24) is 15.2 Å². The molecule has 0 radical (unpaired) electrons. The Bertz CT molecular complexity index is 985. The molecule has 1 unspecified atom stereocenters. The topological polar surface area (TPSA) is 74.3 Å². The third kappa shape index (κ3) is 4.39. The Kier molecular flexibility index (Phi) is 5.55. The van der Waals surface area contributed by atoms with Gasteiger partial charge in [-0.3, -0.25) is 9.78 Å². The van der Waals surface area contributed by atoms with Crippen molar-refractivity contribution < 1.29 is 9.59 Å². The highest BCUT2D eigenvalue weighted by Crippen LogP contribution is 2.31. The molecule has 6 nitrogen and oxygen atoms in total. The Morgan fingerprint density at radius 1 is 1.10 bits per heavy atom. The van der Waals surface area contributed by atoms with Crippen LogP contribution in [0.3, 0.4) is 0 Å². The summed E-state index contributed by atoms with van der Waals surface area (Å²) in [6.07, 6.45) is 10.9. The molecule has 160 valence electrons. The average Bonchev–Trinajstić information content (AvgIpc) is 3.21. The largest absolute Gasteiger partial charge is 0.322 e. The molecule has 3 aliphatic rings. The van der Waals surface area contributed by atoms with Crippen molar-refractivity contribution in [3.63, 3.8) is 0 Å². The number of aromatic nitrogens is 1. The molecule has 6 heteroatoms. The Morgan fingerprint density at radius 3 is 2.65 bits per heavy atom. The van der Waals surface area contributed by atoms with Gasteiger partial charge in [0.1, 0.15) is 5.78 Å². The van der Waals surface area contributed by atoms with Crippen molar-refractivity contribution in [3.8, 4) is 0 Å². The summed E-state index contributed by atoms with van der Waals surface area (Å²) in [6.45, 7) is 1.92. The van der Waals surface area contributed by atoms with Crippen LogP contribution < -0.4 is 10.6 Å². The van der Waals surface area contributed by atoms with Gasteiger partial charge in [-0.15, -0.1) is 0 Å². The van der Waals surface area contributed by atoms with Gasteiger partial charge < -0.3 is 15.5 Å². The first-order valence-electron chi connectivity index (χ1n) is 11.2. The normalized spacial score (nSPS) is 20.6. The van der Waals surface area contributed by atoms with Crippen LogP contribution in [0.15, 0.2) is 48.8 Å². The van der Waals surface area contributed by atoms with Gasteiger partial charge >= 0.3 is 6.03 Å². The van der Waals surface area contributed by atoms with E-state index in [1.165, 1.54) is 24.8 Å². The highest BCUT2D eigenvalue weighted by molar-refractivity contribution is 5.90. The third-order valence-electron chi connectivity index (χ3n) is 6.76. The minimum atomic E-state index is -0.105. The number of Topliss-reactive ketones (excluding diaryl/α,β-unsaturated/α-hetero) is 1. The summed E-state index contributed by atoms with van der Waals surface area (Å²) in [6, 6.07) is 9.72. The zero-order chi connectivity index (χ0) is 21.2. The molecule has 0 spiro atoms. The van der Waals surface area contributed by atoms with Crippen molar-refractivity contribution >= 4 is 23.1 Å². The molecule has 1 fully saturated rings. The number of nitrogens with zero attached hydrogens (tertiary/aromatic N) is 2. The molecule has 1 saturated carbocycles. The van der Waals surface area contributed by atoms with Crippen LogP contribution in [0.25, 0.3) is 5.57 Å². The van der Waals surface area contributed by atoms with Gasteiger partial charge in [-0.1, -0.05) is 37.5 Å². The Morgan fingerprint density at radius 2 is 1.90 bits per heavy atom. The first kappa shape index (κ1) is 19.9. The average molecular weight is 417 g/mol. The van der Waals surface area contributed by atoms with Gasteiger partial charge in [0, 0.05) is 44.1 Å². The second-order valence-electron chi connectivity index (χ2n) is 8.87. The van der Waals surface area contributed by atoms with Crippen LogP contribution in [-0.4, -0.2) is 34.3 Å². The minimum absolute atomic E-state index is 0.0775. The predicted octanol–water partition coefficient (Wildman–Crippen LogP) is 4.13. The first-order chi connectivity index (χ1) is 15.2. The van der Waals surface area contributed by atoms with Gasteiger partial charge in [0.15, 0.2) is 0 Å². The van der Waals surface area contributed by atoms with Gasteiger partial charge in [0.05, 0.1) is 6.04 Å². The maximum atomic E-state index is 12.6. The van der Waals surface area contributed by atoms with Crippen LogP contribution in [0, 0.1) is 5.92 Å². The SMILES string of the molecule is O=C(CC1CCC1)C1CC(c2ccc(NC(=O)N3Cc4ccncc4C3)cc2)=CCN1. The molecule has 1 aromatic heterocycles. The number of ketones is 1. The lowest BCUT2D eigenvalue weighted by atomic mass is 9.80. The van der Waals surface area contributed by atoms with Gasteiger partial charge in [-0.05, 0) is 52.8 Å². The number of benzene rings is 1. The fraction of sp³-hybridized carbons (Fsp3) is 0.400. The fourth-order valence-corrected chi connectivity index (χ4v) is 4.62. The van der Waals surface area contributed by atoms with E-state index < -0.39 is 0 Å². The summed E-state index contributed by atoms with van der Waals surface area (Å²) >= 11 is 0. The molecule has 5 rings (SSSR count). The monoisotopic (exact) mass is 416 g/mol. The van der Waals surface area contributed by atoms with Gasteiger partial charge in [-0.2, -0.15) is 0 Å². The lowest BCUT2D eigenvalue weighted by Gasteiger charge is -2.29. The summed E-state index contributed by atoms with van der Waals surface area (Å²) in [5.74, 6) is 0.951. The lowest BCUT2D eigenvalue weighted by Crippen LogP contribution is -2.40. The van der Waals surface area contributed by atoms with Gasteiger partial charge in [0.2, 0.25) is 0 Å². The van der Waals surface area contributed by atoms with Crippen LogP contribution in [-0.2, 0) is 17.9 Å². The van der Waals surface area contributed by atoms with Crippen molar-refractivity contribution in [2.75, 3.05) is 11.9 Å². The summed E-state index contributed by atoms with van der Waals surface area (Å²) in [5, 5.41) is 6.35. The molecule has 2 amide bonds. The molecule has 3 heterocycles. The third-order valence-corrected chi connectivity index (χ3v) is 6.76. The van der Waals surface area contributed by atoms with Gasteiger partial charge in [0.25, 0.3) is 0 Å². The quantitative estimate of drug-likeness (QED) is 0.768. The van der Waals surface area contributed by atoms with E-state index in [4.69, 9.17) is 0 Å². The van der Waals surface area contributed by atoms with Gasteiger partial charge in [-0.25, -0.2) is 4.79 Å². The Balaban J connectivity index is 1.18. The van der Waals surface area contributed by atoms with E-state index in [9.17, 15) is 9.59 Å². The molecule has 31 heavy (non-hydrogen) atoms. The Hall–Kier alpha value is -2.99. The molecule has 1 aliphatic carbocycles. The lowest BCUT2D eigenvalue weighted by molar-refractivity contribution is -0.122. The number of anilines is 1. The number of hydrogen-bond acceptors (Lipinski definition) is 4. The summed E-state index contributed by atoms with van der Waals surface area (Å²) in [7, 11) is 0. The number of rotatable bonds is 5. The van der Waals surface area contributed by atoms with Crippen LogP contribution in [0.1, 0.15) is 48.8 Å². The van der Waals surface area contributed by atoms with Crippen LogP contribution in [0.2, 0.25) is 0 Å². The van der Waals surface area contributed by atoms with Crippen molar-refractivity contribution in [2.45, 2.75) is 51.2 Å². The van der Waals surface area contributed by atoms with E-state index in [0.717, 1.165) is 35.3 Å². The van der Waals surface area contributed by atoms with Crippen molar-refractivity contribution in [1.29, 1.82) is 0 Å². The van der Waals surface area contributed by atoms with Crippen molar-refractivity contribution in [3.05, 3.63) is 65.5 Å². The number of pyridine rings is 1. The second kappa shape index (κ2) is 8.63. The fourth-order valence-electron chi connectivity index (χ4n) is 4.62. The number of hydrogen-bond donors (Lipinski definition) is 2. The number of fused-ring (bicyclic) bond motifs is 1. The summed E-state index contributed by atoms with van der Waals surface area (Å²) in [4.78, 5) is 31.2. The molecule has 2 aliphatic heterocycles. The van der Waals surface area contributed by atoms with E-state index in [1.807, 2.05) is 36.5 Å². The van der Waals surface area contributed by atoms with Crippen molar-refractivity contribution in [2.24, 2.45) is 5.92 Å². The summed E-state index contributed by atoms with van der Waals surface area (Å²) in [5.41, 5.74) is 5.34. The zero-order valence-electron chi connectivity index (χ0n) is 17.6. The second-order valence-corrected chi connectivity index (χ2v) is 8.87. The molecular weight excluding hydrogens is 388 g/mol. The molecule has 0 saturated heterocycles. The van der Waals surface area contributed by atoms with E-state index >= 15 is 0 Å². The maximum Gasteiger partial charge on any atom is 0.322 e. The number of carbonyl (C=O) groups is 2. The molecule has 1 aromatic carbocycles. The molecular formula is C25H28N4O2. The highest BCUT2D eigenvalue weighted by Gasteiger charge is 2.28. The smallest absolute Gasteiger partial charge is 0.316 e. The maximum absolute atomic E-state index is 12.6. The number of nitrogens with one attached hydrogen (secondary N) is 2. The number of urea groups is 1. The van der Waals surface area contributed by atoms with E-state index in [0.29, 0.717) is 31.2 Å². The van der Waals surface area contributed by atoms with Crippen LogP contribution in [0.4, 0.5) is 10.5 Å². The molecule has 1 atom stereocenters. The van der Waals surface area contributed by atoms with E-state index in [1.54, 1.807) is 11.1 Å². The molecule has 2 aromatic rings.